The lowest BCUT2D eigenvalue weighted by molar-refractivity contribution is 0.0624. The number of aryl methyl sites for hydroxylation is 1. The zero-order valence-electron chi connectivity index (χ0n) is 13.6. The van der Waals surface area contributed by atoms with E-state index in [1.165, 1.54) is 0 Å². The second kappa shape index (κ2) is 8.23. The number of aromatic nitrogens is 2. The molecule has 0 atom stereocenters. The minimum Gasteiger partial charge on any atom is -0.340 e. The number of carbonyl (C=O) groups is 1. The van der Waals surface area contributed by atoms with E-state index < -0.39 is 0 Å². The van der Waals surface area contributed by atoms with Crippen LogP contribution in [0.3, 0.4) is 0 Å². The molecule has 0 bridgehead atoms. The van der Waals surface area contributed by atoms with Crippen LogP contribution in [0.4, 0.5) is 0 Å². The van der Waals surface area contributed by atoms with Crippen LogP contribution in [0.25, 0.3) is 0 Å². The van der Waals surface area contributed by atoms with Crippen LogP contribution >= 0.6 is 12.4 Å². The highest BCUT2D eigenvalue weighted by Gasteiger charge is 2.23. The molecule has 1 aliphatic rings. The summed E-state index contributed by atoms with van der Waals surface area (Å²) < 4.78 is 4.98. The van der Waals surface area contributed by atoms with Gasteiger partial charge in [0.05, 0.1) is 6.54 Å². The minimum atomic E-state index is 0. The van der Waals surface area contributed by atoms with E-state index >= 15 is 0 Å². The first-order chi connectivity index (χ1) is 11.2. The third-order valence-electron chi connectivity index (χ3n) is 4.03. The summed E-state index contributed by atoms with van der Waals surface area (Å²) in [5.74, 6) is 1.35. The van der Waals surface area contributed by atoms with Gasteiger partial charge in [0, 0.05) is 45.2 Å². The summed E-state index contributed by atoms with van der Waals surface area (Å²) in [7, 11) is 0. The molecular formula is C16H22ClN5O2. The van der Waals surface area contributed by atoms with E-state index in [1.54, 1.807) is 6.92 Å². The summed E-state index contributed by atoms with van der Waals surface area (Å²) >= 11 is 0. The van der Waals surface area contributed by atoms with E-state index in [2.05, 4.69) is 15.0 Å². The fourth-order valence-corrected chi connectivity index (χ4v) is 2.68. The molecule has 2 N–H and O–H groups in total. The maximum Gasteiger partial charge on any atom is 0.253 e. The van der Waals surface area contributed by atoms with E-state index in [1.807, 2.05) is 29.2 Å². The molecule has 3 rings (SSSR count). The highest BCUT2D eigenvalue weighted by atomic mass is 35.5. The standard InChI is InChI=1S/C16H21N5O2.ClH/c1-12-18-15(19-23-12)11-20-6-8-21(9-7-20)16(22)14-4-2-13(10-17)3-5-14;/h2-5H,6-11,17H2,1H3;1H. The predicted molar refractivity (Wildman–Crippen MR) is 91.8 cm³/mol. The number of piperazine rings is 1. The van der Waals surface area contributed by atoms with Crippen molar-refractivity contribution < 1.29 is 9.32 Å². The van der Waals surface area contributed by atoms with Crippen molar-refractivity contribution in [3.05, 3.63) is 47.1 Å². The predicted octanol–water partition coefficient (Wildman–Crippen LogP) is 1.22. The summed E-state index contributed by atoms with van der Waals surface area (Å²) in [6, 6.07) is 7.50. The number of hydrogen-bond acceptors (Lipinski definition) is 6. The summed E-state index contributed by atoms with van der Waals surface area (Å²) in [5.41, 5.74) is 7.32. The zero-order chi connectivity index (χ0) is 16.2. The van der Waals surface area contributed by atoms with Crippen molar-refractivity contribution in [1.82, 2.24) is 19.9 Å². The van der Waals surface area contributed by atoms with Gasteiger partial charge in [0.2, 0.25) is 5.89 Å². The van der Waals surface area contributed by atoms with Crippen molar-refractivity contribution in [2.75, 3.05) is 26.2 Å². The molecule has 1 saturated heterocycles. The highest BCUT2D eigenvalue weighted by Crippen LogP contribution is 2.11. The smallest absolute Gasteiger partial charge is 0.253 e. The SMILES string of the molecule is Cc1nc(CN2CCN(C(=O)c3ccc(CN)cc3)CC2)no1.Cl. The Balaban J connectivity index is 0.00000208. The Hall–Kier alpha value is -1.96. The van der Waals surface area contributed by atoms with Crippen LogP contribution < -0.4 is 5.73 Å². The summed E-state index contributed by atoms with van der Waals surface area (Å²) in [4.78, 5) is 20.8. The van der Waals surface area contributed by atoms with Gasteiger partial charge in [-0.05, 0) is 17.7 Å². The first-order valence-electron chi connectivity index (χ1n) is 7.75. The van der Waals surface area contributed by atoms with Crippen LogP contribution in [0, 0.1) is 6.92 Å². The Labute approximate surface area is 147 Å². The number of halogens is 1. The van der Waals surface area contributed by atoms with E-state index in [4.69, 9.17) is 10.3 Å². The topological polar surface area (TPSA) is 88.5 Å². The van der Waals surface area contributed by atoms with Gasteiger partial charge in [-0.2, -0.15) is 4.98 Å². The number of nitrogens with zero attached hydrogens (tertiary/aromatic N) is 4. The second-order valence-electron chi connectivity index (χ2n) is 5.70. The summed E-state index contributed by atoms with van der Waals surface area (Å²) in [6.45, 7) is 5.94. The van der Waals surface area contributed by atoms with Crippen molar-refractivity contribution in [2.24, 2.45) is 5.73 Å². The van der Waals surface area contributed by atoms with E-state index in [9.17, 15) is 4.79 Å². The third-order valence-corrected chi connectivity index (χ3v) is 4.03. The van der Waals surface area contributed by atoms with Gasteiger partial charge >= 0.3 is 0 Å². The molecule has 24 heavy (non-hydrogen) atoms. The van der Waals surface area contributed by atoms with Gasteiger partial charge in [0.1, 0.15) is 0 Å². The normalized spacial score (nSPS) is 15.2. The van der Waals surface area contributed by atoms with Gasteiger partial charge in [0.25, 0.3) is 5.91 Å². The average molecular weight is 352 g/mol. The Morgan fingerprint density at radius 1 is 1.21 bits per heavy atom. The molecule has 2 aromatic rings. The lowest BCUT2D eigenvalue weighted by Gasteiger charge is -2.34. The second-order valence-corrected chi connectivity index (χ2v) is 5.70. The molecule has 0 spiro atoms. The molecule has 0 unspecified atom stereocenters. The Bertz CT molecular complexity index is 665. The number of rotatable bonds is 4. The number of amides is 1. The van der Waals surface area contributed by atoms with Crippen molar-refractivity contribution >= 4 is 18.3 Å². The molecule has 0 aliphatic carbocycles. The maximum atomic E-state index is 12.5. The lowest BCUT2D eigenvalue weighted by Crippen LogP contribution is -2.48. The molecule has 1 amide bonds. The quantitative estimate of drug-likeness (QED) is 0.890. The molecule has 130 valence electrons. The Morgan fingerprint density at radius 2 is 1.88 bits per heavy atom. The molecule has 2 heterocycles. The summed E-state index contributed by atoms with van der Waals surface area (Å²) in [6.07, 6.45) is 0. The van der Waals surface area contributed by atoms with Gasteiger partial charge in [0.15, 0.2) is 5.82 Å². The molecule has 1 fully saturated rings. The van der Waals surface area contributed by atoms with Crippen LogP contribution in [-0.2, 0) is 13.1 Å². The van der Waals surface area contributed by atoms with Crippen molar-refractivity contribution in [2.45, 2.75) is 20.0 Å². The molecule has 8 heteroatoms. The average Bonchev–Trinajstić information content (AvgIpc) is 3.00. The van der Waals surface area contributed by atoms with E-state index in [0.717, 1.165) is 18.7 Å². The molecule has 0 saturated carbocycles. The van der Waals surface area contributed by atoms with Crippen LogP contribution in [-0.4, -0.2) is 52.0 Å². The first kappa shape index (κ1) is 18.4. The van der Waals surface area contributed by atoms with Crippen LogP contribution in [0.5, 0.6) is 0 Å². The Kier molecular flexibility index (Phi) is 6.30. The molecule has 7 nitrogen and oxygen atoms in total. The summed E-state index contributed by atoms with van der Waals surface area (Å²) in [5, 5.41) is 3.91. The fraction of sp³-hybridized carbons (Fsp3) is 0.438. The van der Waals surface area contributed by atoms with Gasteiger partial charge in [-0.25, -0.2) is 0 Å². The zero-order valence-corrected chi connectivity index (χ0v) is 14.5. The minimum absolute atomic E-state index is 0. The van der Waals surface area contributed by atoms with Crippen LogP contribution in [0.1, 0.15) is 27.6 Å². The molecule has 0 radical (unpaired) electrons. The van der Waals surface area contributed by atoms with Crippen molar-refractivity contribution in [1.29, 1.82) is 0 Å². The van der Waals surface area contributed by atoms with E-state index in [-0.39, 0.29) is 18.3 Å². The maximum absolute atomic E-state index is 12.5. The number of benzene rings is 1. The fourth-order valence-electron chi connectivity index (χ4n) is 2.68. The molecular weight excluding hydrogens is 330 g/mol. The number of hydrogen-bond donors (Lipinski definition) is 1. The van der Waals surface area contributed by atoms with Crippen LogP contribution in [0.2, 0.25) is 0 Å². The van der Waals surface area contributed by atoms with Crippen LogP contribution in [0.15, 0.2) is 28.8 Å². The van der Waals surface area contributed by atoms with Gasteiger partial charge < -0.3 is 15.2 Å². The van der Waals surface area contributed by atoms with E-state index in [0.29, 0.717) is 43.5 Å². The van der Waals surface area contributed by atoms with Gasteiger partial charge in [-0.15, -0.1) is 12.4 Å². The van der Waals surface area contributed by atoms with Gasteiger partial charge in [-0.3, -0.25) is 9.69 Å². The van der Waals surface area contributed by atoms with Crippen molar-refractivity contribution in [3.8, 4) is 0 Å². The molecule has 1 aliphatic heterocycles. The molecule has 1 aromatic carbocycles. The highest BCUT2D eigenvalue weighted by molar-refractivity contribution is 5.94. The Morgan fingerprint density at radius 3 is 2.42 bits per heavy atom. The largest absolute Gasteiger partial charge is 0.340 e. The monoisotopic (exact) mass is 351 g/mol. The van der Waals surface area contributed by atoms with Crippen molar-refractivity contribution in [3.63, 3.8) is 0 Å². The van der Waals surface area contributed by atoms with Gasteiger partial charge in [-0.1, -0.05) is 17.3 Å². The first-order valence-corrected chi connectivity index (χ1v) is 7.75. The molecule has 1 aromatic heterocycles. The lowest BCUT2D eigenvalue weighted by atomic mass is 10.1. The number of nitrogens with two attached hydrogens (primary N) is 1. The number of carbonyl (C=O) groups excluding carboxylic acids is 1. The third kappa shape index (κ3) is 4.31.